The van der Waals surface area contributed by atoms with Crippen LogP contribution in [0.2, 0.25) is 0 Å². The van der Waals surface area contributed by atoms with E-state index in [0.717, 1.165) is 42.4 Å². The van der Waals surface area contributed by atoms with E-state index in [4.69, 9.17) is 0 Å². The summed E-state index contributed by atoms with van der Waals surface area (Å²) in [6.07, 6.45) is 0.915. The van der Waals surface area contributed by atoms with Gasteiger partial charge in [0.25, 0.3) is 0 Å². The predicted octanol–water partition coefficient (Wildman–Crippen LogP) is 3.16. The van der Waals surface area contributed by atoms with Gasteiger partial charge in [-0.2, -0.15) is 0 Å². The maximum absolute atomic E-state index is 13.6. The lowest BCUT2D eigenvalue weighted by atomic mass is 10.0. The van der Waals surface area contributed by atoms with Crippen LogP contribution in [0.3, 0.4) is 0 Å². The molecule has 0 spiro atoms. The molecule has 3 rings (SSSR count). The molecular formula is C15H11F2NO. The highest BCUT2D eigenvalue weighted by atomic mass is 19.1. The third-order valence-corrected chi connectivity index (χ3v) is 3.25. The molecule has 2 aromatic rings. The van der Waals surface area contributed by atoms with Crippen molar-refractivity contribution in [1.29, 1.82) is 0 Å². The number of ketones is 1. The van der Waals surface area contributed by atoms with Crippen molar-refractivity contribution in [2.75, 3.05) is 11.9 Å². The molecule has 96 valence electrons. The van der Waals surface area contributed by atoms with Gasteiger partial charge in [0.15, 0.2) is 5.78 Å². The Kier molecular flexibility index (Phi) is 2.78. The van der Waals surface area contributed by atoms with Gasteiger partial charge in [-0.25, -0.2) is 8.78 Å². The first-order chi connectivity index (χ1) is 9.15. The zero-order valence-corrected chi connectivity index (χ0v) is 10.0. The first-order valence-electron chi connectivity index (χ1n) is 6.02. The number of benzene rings is 2. The molecule has 0 atom stereocenters. The van der Waals surface area contributed by atoms with Gasteiger partial charge in [-0.1, -0.05) is 12.1 Å². The summed E-state index contributed by atoms with van der Waals surface area (Å²) in [7, 11) is 0. The van der Waals surface area contributed by atoms with Crippen LogP contribution in [0.25, 0.3) is 0 Å². The smallest absolute Gasteiger partial charge is 0.196 e. The molecule has 1 aliphatic rings. The molecule has 1 N–H and O–H groups in total. The lowest BCUT2D eigenvalue weighted by Crippen LogP contribution is -2.05. The van der Waals surface area contributed by atoms with Crippen LogP contribution in [0.1, 0.15) is 21.5 Å². The molecular weight excluding hydrogens is 248 g/mol. The Hall–Kier alpha value is -2.23. The number of carbonyl (C=O) groups is 1. The fourth-order valence-electron chi connectivity index (χ4n) is 2.26. The van der Waals surface area contributed by atoms with Crippen molar-refractivity contribution < 1.29 is 13.6 Å². The molecule has 1 heterocycles. The Balaban J connectivity index is 2.02. The third kappa shape index (κ3) is 2.10. The molecule has 0 aromatic heterocycles. The van der Waals surface area contributed by atoms with Crippen molar-refractivity contribution in [2.45, 2.75) is 6.42 Å². The van der Waals surface area contributed by atoms with E-state index < -0.39 is 17.4 Å². The van der Waals surface area contributed by atoms with Crippen LogP contribution in [0.15, 0.2) is 36.4 Å². The molecule has 19 heavy (non-hydrogen) atoms. The van der Waals surface area contributed by atoms with Gasteiger partial charge in [0.2, 0.25) is 0 Å². The van der Waals surface area contributed by atoms with Crippen LogP contribution in [0.4, 0.5) is 14.5 Å². The van der Waals surface area contributed by atoms with Crippen molar-refractivity contribution in [3.63, 3.8) is 0 Å². The molecule has 0 bridgehead atoms. The highest BCUT2D eigenvalue weighted by molar-refractivity contribution is 6.09. The van der Waals surface area contributed by atoms with Gasteiger partial charge in [-0.15, -0.1) is 0 Å². The molecule has 2 nitrogen and oxygen atoms in total. The normalized spacial score (nSPS) is 12.9. The van der Waals surface area contributed by atoms with Crippen molar-refractivity contribution in [1.82, 2.24) is 0 Å². The number of fused-ring (bicyclic) bond motifs is 1. The molecule has 0 radical (unpaired) electrons. The second kappa shape index (κ2) is 4.46. The zero-order chi connectivity index (χ0) is 13.4. The molecule has 1 aliphatic heterocycles. The van der Waals surface area contributed by atoms with Gasteiger partial charge in [-0.05, 0) is 36.2 Å². The van der Waals surface area contributed by atoms with Crippen LogP contribution < -0.4 is 5.32 Å². The number of hydrogen-bond acceptors (Lipinski definition) is 2. The van der Waals surface area contributed by atoms with E-state index in [2.05, 4.69) is 5.32 Å². The predicted molar refractivity (Wildman–Crippen MR) is 68.4 cm³/mol. The molecule has 0 saturated carbocycles. The number of nitrogens with one attached hydrogen (secondary N) is 1. The van der Waals surface area contributed by atoms with E-state index >= 15 is 0 Å². The summed E-state index contributed by atoms with van der Waals surface area (Å²) >= 11 is 0. The number of hydrogen-bond donors (Lipinski definition) is 1. The number of halogens is 2. The Labute approximate surface area is 109 Å². The lowest BCUT2D eigenvalue weighted by Gasteiger charge is -2.06. The summed E-state index contributed by atoms with van der Waals surface area (Å²) in [5.74, 6) is -1.84. The molecule has 0 unspecified atom stereocenters. The fourth-order valence-corrected chi connectivity index (χ4v) is 2.26. The first kappa shape index (κ1) is 11.8. The van der Waals surface area contributed by atoms with Crippen molar-refractivity contribution >= 4 is 11.5 Å². The monoisotopic (exact) mass is 259 g/mol. The minimum Gasteiger partial charge on any atom is -0.384 e. The van der Waals surface area contributed by atoms with Gasteiger partial charge in [0, 0.05) is 17.8 Å². The van der Waals surface area contributed by atoms with Crippen LogP contribution in [0, 0.1) is 11.6 Å². The van der Waals surface area contributed by atoms with Crippen LogP contribution >= 0.6 is 0 Å². The Morgan fingerprint density at radius 1 is 1.11 bits per heavy atom. The molecule has 0 amide bonds. The fraction of sp³-hybridized carbons (Fsp3) is 0.133. The van der Waals surface area contributed by atoms with Crippen molar-refractivity contribution in [3.8, 4) is 0 Å². The molecule has 2 aromatic carbocycles. The lowest BCUT2D eigenvalue weighted by molar-refractivity contribution is 0.103. The van der Waals surface area contributed by atoms with Gasteiger partial charge in [0.05, 0.1) is 5.56 Å². The Bertz CT molecular complexity index is 667. The van der Waals surface area contributed by atoms with E-state index in [0.29, 0.717) is 5.56 Å². The van der Waals surface area contributed by atoms with E-state index in [-0.39, 0.29) is 5.56 Å². The van der Waals surface area contributed by atoms with Gasteiger partial charge < -0.3 is 5.32 Å². The number of rotatable bonds is 2. The zero-order valence-electron chi connectivity index (χ0n) is 10.0. The molecule has 0 saturated heterocycles. The maximum atomic E-state index is 13.6. The summed E-state index contributed by atoms with van der Waals surface area (Å²) in [5.41, 5.74) is 2.15. The topological polar surface area (TPSA) is 29.1 Å². The second-order valence-corrected chi connectivity index (χ2v) is 4.50. The SMILES string of the molecule is O=C(c1ccc2c(c1)NCC2)c1cc(F)ccc1F. The van der Waals surface area contributed by atoms with Crippen LogP contribution in [0.5, 0.6) is 0 Å². The minimum atomic E-state index is -0.708. The number of carbonyl (C=O) groups excluding carboxylic acids is 1. The Morgan fingerprint density at radius 2 is 1.95 bits per heavy atom. The van der Waals surface area contributed by atoms with E-state index in [1.54, 1.807) is 12.1 Å². The first-order valence-corrected chi connectivity index (χ1v) is 6.02. The maximum Gasteiger partial charge on any atom is 0.196 e. The van der Waals surface area contributed by atoms with Crippen molar-refractivity contribution in [3.05, 3.63) is 64.7 Å². The molecule has 0 fully saturated rings. The summed E-state index contributed by atoms with van der Waals surface area (Å²) in [4.78, 5) is 12.2. The van der Waals surface area contributed by atoms with E-state index in [1.165, 1.54) is 0 Å². The highest BCUT2D eigenvalue weighted by Crippen LogP contribution is 2.25. The van der Waals surface area contributed by atoms with Gasteiger partial charge >= 0.3 is 0 Å². The third-order valence-electron chi connectivity index (χ3n) is 3.25. The van der Waals surface area contributed by atoms with Gasteiger partial charge in [0.1, 0.15) is 11.6 Å². The highest BCUT2D eigenvalue weighted by Gasteiger charge is 2.17. The van der Waals surface area contributed by atoms with E-state index in [9.17, 15) is 13.6 Å². The van der Waals surface area contributed by atoms with Crippen LogP contribution in [-0.4, -0.2) is 12.3 Å². The summed E-state index contributed by atoms with van der Waals surface area (Å²) in [6.45, 7) is 0.835. The molecule has 4 heteroatoms. The van der Waals surface area contributed by atoms with Crippen molar-refractivity contribution in [2.24, 2.45) is 0 Å². The minimum absolute atomic E-state index is 0.238. The Morgan fingerprint density at radius 3 is 2.79 bits per heavy atom. The number of anilines is 1. The van der Waals surface area contributed by atoms with Gasteiger partial charge in [-0.3, -0.25) is 4.79 Å². The second-order valence-electron chi connectivity index (χ2n) is 4.50. The summed E-state index contributed by atoms with van der Waals surface area (Å²) < 4.78 is 26.7. The van der Waals surface area contributed by atoms with E-state index in [1.807, 2.05) is 6.07 Å². The molecule has 0 aliphatic carbocycles. The summed E-state index contributed by atoms with van der Waals surface area (Å²) in [6, 6.07) is 8.08. The average molecular weight is 259 g/mol. The quantitative estimate of drug-likeness (QED) is 0.839. The largest absolute Gasteiger partial charge is 0.384 e. The standard InChI is InChI=1S/C15H11F2NO/c16-11-3-4-13(17)12(8-11)15(19)10-2-1-9-5-6-18-14(9)7-10/h1-4,7-8,18H,5-6H2. The van der Waals surface area contributed by atoms with Crippen LogP contribution in [-0.2, 0) is 6.42 Å². The summed E-state index contributed by atoms with van der Waals surface area (Å²) in [5, 5.41) is 3.15. The average Bonchev–Trinajstić information content (AvgIpc) is 2.88.